The summed E-state index contributed by atoms with van der Waals surface area (Å²) in [6, 6.07) is 13.7. The molecule has 2 aliphatic rings. The SMILES string of the molecule is Cc1ccc(N2C[C@@H](C(=O)Nc3cccc(S(=O)(=O)NC4=NCCCCC4)c3)CC2=O)cc1. The Hall–Kier alpha value is -3.20. The minimum Gasteiger partial charge on any atom is -0.326 e. The van der Waals surface area contributed by atoms with Gasteiger partial charge in [-0.1, -0.05) is 30.2 Å². The van der Waals surface area contributed by atoms with Crippen molar-refractivity contribution in [1.29, 1.82) is 0 Å². The van der Waals surface area contributed by atoms with Gasteiger partial charge in [0.1, 0.15) is 5.84 Å². The van der Waals surface area contributed by atoms with Crippen LogP contribution in [0.15, 0.2) is 58.4 Å². The third-order valence-electron chi connectivity index (χ3n) is 5.88. The molecular formula is C24H28N4O4S. The molecule has 0 spiro atoms. The van der Waals surface area contributed by atoms with Crippen molar-refractivity contribution >= 4 is 39.0 Å². The fourth-order valence-electron chi connectivity index (χ4n) is 4.01. The van der Waals surface area contributed by atoms with E-state index in [2.05, 4.69) is 15.0 Å². The first-order valence-electron chi connectivity index (χ1n) is 11.2. The van der Waals surface area contributed by atoms with Gasteiger partial charge in [0.15, 0.2) is 0 Å². The average Bonchev–Trinajstić information content (AvgIpc) is 3.00. The predicted octanol–water partition coefficient (Wildman–Crippen LogP) is 3.24. The molecule has 4 rings (SSSR count). The highest BCUT2D eigenvalue weighted by atomic mass is 32.2. The second-order valence-electron chi connectivity index (χ2n) is 8.50. The van der Waals surface area contributed by atoms with E-state index in [4.69, 9.17) is 0 Å². The van der Waals surface area contributed by atoms with Crippen molar-refractivity contribution in [3.63, 3.8) is 0 Å². The van der Waals surface area contributed by atoms with Crippen LogP contribution in [-0.4, -0.2) is 39.2 Å². The first-order valence-corrected chi connectivity index (χ1v) is 12.6. The van der Waals surface area contributed by atoms with Crippen molar-refractivity contribution in [2.45, 2.75) is 43.9 Å². The van der Waals surface area contributed by atoms with Gasteiger partial charge in [-0.15, -0.1) is 0 Å². The normalized spacial score (nSPS) is 19.1. The van der Waals surface area contributed by atoms with E-state index in [9.17, 15) is 18.0 Å². The summed E-state index contributed by atoms with van der Waals surface area (Å²) in [7, 11) is -3.80. The standard InChI is InChI=1S/C24H28N4O4S/c1-17-9-11-20(12-10-17)28-16-18(14-23(28)29)24(30)26-19-6-5-7-21(15-19)33(31,32)27-22-8-3-2-4-13-25-22/h5-7,9-12,15,18H,2-4,8,13-14,16H2,1H3,(H,25,27)(H,26,30)/t18-/m0/s1. The lowest BCUT2D eigenvalue weighted by Crippen LogP contribution is -2.31. The number of hydrogen-bond donors (Lipinski definition) is 2. The molecular weight excluding hydrogens is 440 g/mol. The van der Waals surface area contributed by atoms with E-state index in [1.54, 1.807) is 17.0 Å². The average molecular weight is 469 g/mol. The van der Waals surface area contributed by atoms with Crippen molar-refractivity contribution in [2.24, 2.45) is 10.9 Å². The molecule has 33 heavy (non-hydrogen) atoms. The minimum absolute atomic E-state index is 0.0519. The molecule has 2 N–H and O–H groups in total. The summed E-state index contributed by atoms with van der Waals surface area (Å²) >= 11 is 0. The Bertz CT molecular complexity index is 1180. The second kappa shape index (κ2) is 9.74. The number of carbonyl (C=O) groups excluding carboxylic acids is 2. The first kappa shape index (κ1) is 23.0. The number of aryl methyl sites for hydroxylation is 1. The fraction of sp³-hybridized carbons (Fsp3) is 0.375. The van der Waals surface area contributed by atoms with E-state index >= 15 is 0 Å². The number of amidine groups is 1. The van der Waals surface area contributed by atoms with Gasteiger partial charge in [-0.05, 0) is 50.1 Å². The van der Waals surface area contributed by atoms with E-state index < -0.39 is 15.9 Å². The highest BCUT2D eigenvalue weighted by Crippen LogP contribution is 2.26. The summed E-state index contributed by atoms with van der Waals surface area (Å²) in [5.74, 6) is -0.461. The topological polar surface area (TPSA) is 108 Å². The number of aliphatic imine (C=N–C) groups is 1. The van der Waals surface area contributed by atoms with Gasteiger partial charge in [0.05, 0.1) is 10.8 Å². The molecule has 0 bridgehead atoms. The molecule has 2 aromatic rings. The molecule has 1 atom stereocenters. The lowest BCUT2D eigenvalue weighted by molar-refractivity contribution is -0.122. The molecule has 1 saturated heterocycles. The summed E-state index contributed by atoms with van der Waals surface area (Å²) < 4.78 is 28.2. The summed E-state index contributed by atoms with van der Waals surface area (Å²) in [5.41, 5.74) is 2.23. The van der Waals surface area contributed by atoms with E-state index in [-0.39, 0.29) is 29.7 Å². The molecule has 174 valence electrons. The Morgan fingerprint density at radius 1 is 1.09 bits per heavy atom. The predicted molar refractivity (Wildman–Crippen MR) is 128 cm³/mol. The van der Waals surface area contributed by atoms with E-state index in [1.165, 1.54) is 12.1 Å². The van der Waals surface area contributed by atoms with Crippen molar-refractivity contribution in [3.05, 3.63) is 54.1 Å². The number of sulfonamides is 1. The Morgan fingerprint density at radius 3 is 2.67 bits per heavy atom. The molecule has 2 aliphatic heterocycles. The van der Waals surface area contributed by atoms with Crippen molar-refractivity contribution in [2.75, 3.05) is 23.3 Å². The fourth-order valence-corrected chi connectivity index (χ4v) is 5.15. The molecule has 0 radical (unpaired) electrons. The Morgan fingerprint density at radius 2 is 1.88 bits per heavy atom. The van der Waals surface area contributed by atoms with E-state index in [1.807, 2.05) is 31.2 Å². The molecule has 0 aromatic heterocycles. The van der Waals surface area contributed by atoms with Crippen LogP contribution in [0.5, 0.6) is 0 Å². The van der Waals surface area contributed by atoms with Gasteiger partial charge in [-0.3, -0.25) is 19.3 Å². The maximum Gasteiger partial charge on any atom is 0.262 e. The Balaban J connectivity index is 1.42. The Kier molecular flexibility index (Phi) is 6.78. The van der Waals surface area contributed by atoms with E-state index in [0.717, 1.165) is 30.5 Å². The van der Waals surface area contributed by atoms with Crippen LogP contribution in [0.1, 0.15) is 37.7 Å². The summed E-state index contributed by atoms with van der Waals surface area (Å²) in [5, 5.41) is 2.77. The summed E-state index contributed by atoms with van der Waals surface area (Å²) in [6.45, 7) is 2.88. The zero-order valence-electron chi connectivity index (χ0n) is 18.6. The molecule has 2 heterocycles. The number of nitrogens with zero attached hydrogens (tertiary/aromatic N) is 2. The molecule has 1 fully saturated rings. The number of amides is 2. The number of nitrogens with one attached hydrogen (secondary N) is 2. The maximum atomic E-state index is 12.8. The second-order valence-corrected chi connectivity index (χ2v) is 10.2. The highest BCUT2D eigenvalue weighted by molar-refractivity contribution is 7.90. The first-order chi connectivity index (χ1) is 15.8. The van der Waals surface area contributed by atoms with Crippen molar-refractivity contribution < 1.29 is 18.0 Å². The van der Waals surface area contributed by atoms with E-state index in [0.29, 0.717) is 24.5 Å². The monoisotopic (exact) mass is 468 g/mol. The van der Waals surface area contributed by atoms with Crippen molar-refractivity contribution in [1.82, 2.24) is 4.72 Å². The van der Waals surface area contributed by atoms with Crippen LogP contribution in [0.2, 0.25) is 0 Å². The van der Waals surface area contributed by atoms with Crippen LogP contribution in [0.3, 0.4) is 0 Å². The van der Waals surface area contributed by atoms with Crippen LogP contribution < -0.4 is 14.9 Å². The lowest BCUT2D eigenvalue weighted by Gasteiger charge is -2.17. The molecule has 2 aromatic carbocycles. The highest BCUT2D eigenvalue weighted by Gasteiger charge is 2.35. The van der Waals surface area contributed by atoms with Gasteiger partial charge < -0.3 is 10.2 Å². The van der Waals surface area contributed by atoms with Crippen LogP contribution in [0.25, 0.3) is 0 Å². The van der Waals surface area contributed by atoms with Gasteiger partial charge in [-0.25, -0.2) is 8.42 Å². The summed E-state index contributed by atoms with van der Waals surface area (Å²) in [6.07, 6.45) is 3.60. The Labute approximate surface area is 194 Å². The van der Waals surface area contributed by atoms with Crippen LogP contribution >= 0.6 is 0 Å². The molecule has 0 aliphatic carbocycles. The number of rotatable bonds is 5. The van der Waals surface area contributed by atoms with Crippen LogP contribution in [-0.2, 0) is 19.6 Å². The van der Waals surface area contributed by atoms with Crippen molar-refractivity contribution in [3.8, 4) is 0 Å². The third-order valence-corrected chi connectivity index (χ3v) is 7.26. The number of hydrogen-bond acceptors (Lipinski definition) is 5. The molecule has 0 saturated carbocycles. The number of anilines is 2. The largest absolute Gasteiger partial charge is 0.326 e. The van der Waals surface area contributed by atoms with Crippen LogP contribution in [0.4, 0.5) is 11.4 Å². The molecule has 9 heteroatoms. The summed E-state index contributed by atoms with van der Waals surface area (Å²) in [4.78, 5) is 31.3. The van der Waals surface area contributed by atoms with Gasteiger partial charge in [0.2, 0.25) is 11.8 Å². The maximum absolute atomic E-state index is 12.8. The number of carbonyl (C=O) groups is 2. The third kappa shape index (κ3) is 5.60. The zero-order chi connectivity index (χ0) is 23.4. The number of benzene rings is 2. The lowest BCUT2D eigenvalue weighted by atomic mass is 10.1. The quantitative estimate of drug-likeness (QED) is 0.702. The van der Waals surface area contributed by atoms with Crippen LogP contribution in [0, 0.1) is 12.8 Å². The van der Waals surface area contributed by atoms with Gasteiger partial charge >= 0.3 is 0 Å². The van der Waals surface area contributed by atoms with Gasteiger partial charge in [-0.2, -0.15) is 0 Å². The smallest absolute Gasteiger partial charge is 0.262 e. The molecule has 2 amide bonds. The zero-order valence-corrected chi connectivity index (χ0v) is 19.4. The van der Waals surface area contributed by atoms with Gasteiger partial charge in [0.25, 0.3) is 10.0 Å². The molecule has 0 unspecified atom stereocenters. The van der Waals surface area contributed by atoms with Gasteiger partial charge in [0, 0.05) is 37.3 Å². The molecule has 8 nitrogen and oxygen atoms in total. The minimum atomic E-state index is -3.80.